The van der Waals surface area contributed by atoms with E-state index in [2.05, 4.69) is 10.6 Å². The van der Waals surface area contributed by atoms with Crippen molar-refractivity contribution in [3.05, 3.63) is 29.3 Å². The molecule has 1 atom stereocenters. The maximum Gasteiger partial charge on any atom is 0.332 e. The van der Waals surface area contributed by atoms with E-state index in [4.69, 9.17) is 23.7 Å². The van der Waals surface area contributed by atoms with Crippen molar-refractivity contribution in [2.75, 3.05) is 58.2 Å². The summed E-state index contributed by atoms with van der Waals surface area (Å²) in [5, 5.41) is 4.88. The standard InChI is InChI=1S/C31H43N3O11/c1-31(2,3)45-26(37)20-44-19-18-43-17-16-42-15-14-41-13-6-4-5-10-24(35)32-22-9-7-8-21-27(22)30(40)34(29(21)39)23-11-12-25(36)33-28(23)38/h7-9,23H,4-6,10-20H2,1-3H3,(H,32,35)(H,33,36,38). The van der Waals surface area contributed by atoms with Crippen molar-refractivity contribution < 1.29 is 52.5 Å². The van der Waals surface area contributed by atoms with Crippen molar-refractivity contribution in [3.8, 4) is 0 Å². The zero-order chi connectivity index (χ0) is 32.8. The summed E-state index contributed by atoms with van der Waals surface area (Å²) in [7, 11) is 0. The molecule has 45 heavy (non-hydrogen) atoms. The van der Waals surface area contributed by atoms with Crippen LogP contribution in [0.25, 0.3) is 0 Å². The normalized spacial score (nSPS) is 16.5. The molecule has 1 fully saturated rings. The van der Waals surface area contributed by atoms with Gasteiger partial charge in [0.1, 0.15) is 18.2 Å². The molecule has 5 amide bonds. The summed E-state index contributed by atoms with van der Waals surface area (Å²) < 4.78 is 26.7. The Kier molecular flexibility index (Phi) is 14.1. The molecule has 1 aromatic rings. The Morgan fingerprint density at radius 2 is 1.51 bits per heavy atom. The van der Waals surface area contributed by atoms with E-state index < -0.39 is 41.2 Å². The van der Waals surface area contributed by atoms with E-state index in [-0.39, 0.29) is 55.2 Å². The minimum absolute atomic E-state index is 0.0278. The molecule has 1 saturated heterocycles. The molecule has 1 aromatic carbocycles. The Morgan fingerprint density at radius 1 is 0.867 bits per heavy atom. The van der Waals surface area contributed by atoms with Crippen LogP contribution in [0.5, 0.6) is 0 Å². The molecule has 248 valence electrons. The number of nitrogens with one attached hydrogen (secondary N) is 2. The number of fused-ring (bicyclic) bond motifs is 1. The third-order valence-electron chi connectivity index (χ3n) is 6.69. The van der Waals surface area contributed by atoms with Crippen molar-refractivity contribution in [1.82, 2.24) is 10.2 Å². The van der Waals surface area contributed by atoms with Crippen molar-refractivity contribution in [1.29, 1.82) is 0 Å². The number of esters is 1. The van der Waals surface area contributed by atoms with Crippen LogP contribution in [0.1, 0.15) is 80.0 Å². The predicted octanol–water partition coefficient (Wildman–Crippen LogP) is 1.99. The third-order valence-corrected chi connectivity index (χ3v) is 6.69. The lowest BCUT2D eigenvalue weighted by molar-refractivity contribution is -0.160. The van der Waals surface area contributed by atoms with Crippen LogP contribution in [-0.4, -0.2) is 105 Å². The second-order valence-corrected chi connectivity index (χ2v) is 11.5. The number of benzene rings is 1. The van der Waals surface area contributed by atoms with Gasteiger partial charge in [-0.3, -0.25) is 34.2 Å². The van der Waals surface area contributed by atoms with Gasteiger partial charge < -0.3 is 29.0 Å². The van der Waals surface area contributed by atoms with Crippen LogP contribution in [-0.2, 0) is 42.9 Å². The second-order valence-electron chi connectivity index (χ2n) is 11.5. The molecule has 0 saturated carbocycles. The van der Waals surface area contributed by atoms with E-state index in [0.29, 0.717) is 46.1 Å². The highest BCUT2D eigenvalue weighted by atomic mass is 16.6. The molecule has 0 radical (unpaired) electrons. The highest BCUT2D eigenvalue weighted by molar-refractivity contribution is 6.26. The average Bonchev–Trinajstić information content (AvgIpc) is 3.22. The van der Waals surface area contributed by atoms with E-state index in [9.17, 15) is 28.8 Å². The largest absolute Gasteiger partial charge is 0.458 e. The van der Waals surface area contributed by atoms with Crippen LogP contribution in [0, 0.1) is 0 Å². The number of amides is 5. The first-order valence-electron chi connectivity index (χ1n) is 15.1. The molecule has 2 aliphatic rings. The van der Waals surface area contributed by atoms with Crippen molar-refractivity contribution in [2.45, 2.75) is 70.9 Å². The SMILES string of the molecule is CC(C)(C)OC(=O)COCCOCCOCCOCCCCCC(=O)Nc1cccc2c1C(=O)N(C1CCC(=O)NC1=O)C2=O. The third kappa shape index (κ3) is 11.6. The quantitative estimate of drug-likeness (QED) is 0.129. The molecule has 14 heteroatoms. The van der Waals surface area contributed by atoms with E-state index in [1.807, 2.05) is 0 Å². The Hall–Kier alpha value is -3.72. The molecule has 2 N–H and O–H groups in total. The van der Waals surface area contributed by atoms with Gasteiger partial charge in [-0.05, 0) is 52.2 Å². The lowest BCUT2D eigenvalue weighted by Crippen LogP contribution is -2.54. The van der Waals surface area contributed by atoms with Crippen LogP contribution in [0.2, 0.25) is 0 Å². The van der Waals surface area contributed by atoms with Gasteiger partial charge in [-0.15, -0.1) is 0 Å². The van der Waals surface area contributed by atoms with Gasteiger partial charge in [-0.1, -0.05) is 12.5 Å². The van der Waals surface area contributed by atoms with Crippen LogP contribution < -0.4 is 10.6 Å². The molecule has 0 aromatic heterocycles. The number of carbonyl (C=O) groups excluding carboxylic acids is 6. The second kappa shape index (κ2) is 17.7. The predicted molar refractivity (Wildman–Crippen MR) is 159 cm³/mol. The fourth-order valence-electron chi connectivity index (χ4n) is 4.68. The first kappa shape index (κ1) is 35.8. The minimum Gasteiger partial charge on any atom is -0.458 e. The maximum absolute atomic E-state index is 13.1. The van der Waals surface area contributed by atoms with Crippen LogP contribution in [0.15, 0.2) is 18.2 Å². The number of rotatable bonds is 19. The maximum atomic E-state index is 13.1. The van der Waals surface area contributed by atoms with Gasteiger partial charge in [-0.25, -0.2) is 4.79 Å². The highest BCUT2D eigenvalue weighted by Gasteiger charge is 2.45. The fourth-order valence-corrected chi connectivity index (χ4v) is 4.68. The molecular weight excluding hydrogens is 590 g/mol. The molecule has 2 aliphatic heterocycles. The van der Waals surface area contributed by atoms with Crippen LogP contribution >= 0.6 is 0 Å². The first-order chi connectivity index (χ1) is 21.5. The Balaban J connectivity index is 1.20. The molecule has 14 nitrogen and oxygen atoms in total. The molecular formula is C31H43N3O11. The van der Waals surface area contributed by atoms with Gasteiger partial charge >= 0.3 is 5.97 Å². The monoisotopic (exact) mass is 633 g/mol. The van der Waals surface area contributed by atoms with Crippen LogP contribution in [0.3, 0.4) is 0 Å². The van der Waals surface area contributed by atoms with Gasteiger partial charge in [0.15, 0.2) is 0 Å². The number of ether oxygens (including phenoxy) is 5. The first-order valence-corrected chi connectivity index (χ1v) is 15.1. The summed E-state index contributed by atoms with van der Waals surface area (Å²) in [6.07, 6.45) is 2.42. The molecule has 0 aliphatic carbocycles. The number of hydrogen-bond acceptors (Lipinski definition) is 11. The summed E-state index contributed by atoms with van der Waals surface area (Å²) in [5.74, 6) is -3.14. The van der Waals surface area contributed by atoms with Gasteiger partial charge in [0.05, 0.1) is 56.5 Å². The summed E-state index contributed by atoms with van der Waals surface area (Å²) in [6, 6.07) is 3.51. The number of nitrogens with zero attached hydrogens (tertiary/aromatic N) is 1. The van der Waals surface area contributed by atoms with E-state index in [1.54, 1.807) is 32.9 Å². The summed E-state index contributed by atoms with van der Waals surface area (Å²) in [4.78, 5) is 74.8. The smallest absolute Gasteiger partial charge is 0.332 e. The number of piperidine rings is 1. The average molecular weight is 634 g/mol. The van der Waals surface area contributed by atoms with Crippen molar-refractivity contribution in [2.24, 2.45) is 0 Å². The number of imide groups is 2. The Morgan fingerprint density at radius 3 is 2.16 bits per heavy atom. The summed E-state index contributed by atoms with van der Waals surface area (Å²) in [6.45, 7) is 8.07. The van der Waals surface area contributed by atoms with Gasteiger partial charge in [0.2, 0.25) is 17.7 Å². The fraction of sp³-hybridized carbons (Fsp3) is 0.613. The van der Waals surface area contributed by atoms with Crippen LogP contribution in [0.4, 0.5) is 5.69 Å². The van der Waals surface area contributed by atoms with Crippen molar-refractivity contribution >= 4 is 41.2 Å². The Labute approximate surface area is 262 Å². The van der Waals surface area contributed by atoms with Crippen molar-refractivity contribution in [3.63, 3.8) is 0 Å². The van der Waals surface area contributed by atoms with Gasteiger partial charge in [0.25, 0.3) is 11.8 Å². The molecule has 1 unspecified atom stereocenters. The summed E-state index contributed by atoms with van der Waals surface area (Å²) in [5.41, 5.74) is -0.166. The lowest BCUT2D eigenvalue weighted by Gasteiger charge is -2.27. The zero-order valence-electron chi connectivity index (χ0n) is 26.1. The van der Waals surface area contributed by atoms with Gasteiger partial charge in [-0.2, -0.15) is 0 Å². The number of carbonyl (C=O) groups is 6. The number of hydrogen-bond donors (Lipinski definition) is 2. The van der Waals surface area contributed by atoms with E-state index in [1.165, 1.54) is 6.07 Å². The highest BCUT2D eigenvalue weighted by Crippen LogP contribution is 2.32. The van der Waals surface area contributed by atoms with E-state index >= 15 is 0 Å². The summed E-state index contributed by atoms with van der Waals surface area (Å²) >= 11 is 0. The molecule has 2 heterocycles. The topological polar surface area (TPSA) is 176 Å². The van der Waals surface area contributed by atoms with E-state index in [0.717, 1.165) is 17.7 Å². The molecule has 0 bridgehead atoms. The minimum atomic E-state index is -1.07. The number of anilines is 1. The molecule has 0 spiro atoms. The molecule has 3 rings (SSSR count). The Bertz CT molecular complexity index is 1230. The lowest BCUT2D eigenvalue weighted by atomic mass is 10.0. The zero-order valence-corrected chi connectivity index (χ0v) is 26.1. The number of unbranched alkanes of at least 4 members (excludes halogenated alkanes) is 2. The van der Waals surface area contributed by atoms with Gasteiger partial charge in [0, 0.05) is 19.4 Å².